The number of nitrogens with one attached hydrogen (secondary N) is 2. The van der Waals surface area contributed by atoms with E-state index in [1.54, 1.807) is 24.3 Å². The first-order valence-corrected chi connectivity index (χ1v) is 11.1. The summed E-state index contributed by atoms with van der Waals surface area (Å²) in [5.41, 5.74) is 1.87. The van der Waals surface area contributed by atoms with Gasteiger partial charge in [-0.1, -0.05) is 34.5 Å². The molecule has 28 heavy (non-hydrogen) atoms. The van der Waals surface area contributed by atoms with E-state index >= 15 is 0 Å². The Bertz CT molecular complexity index is 1060. The van der Waals surface area contributed by atoms with Crippen LogP contribution in [0, 0.1) is 0 Å². The van der Waals surface area contributed by atoms with Gasteiger partial charge in [0.1, 0.15) is 6.61 Å². The van der Waals surface area contributed by atoms with Crippen molar-refractivity contribution in [3.8, 4) is 5.75 Å². The Kier molecular flexibility index (Phi) is 4.28. The molecule has 6 nitrogen and oxygen atoms in total. The second kappa shape index (κ2) is 6.70. The number of aromatic nitrogens is 1. The molecule has 7 heteroatoms. The molecule has 0 aliphatic carbocycles. The van der Waals surface area contributed by atoms with Gasteiger partial charge in [-0.25, -0.2) is 0 Å². The van der Waals surface area contributed by atoms with Gasteiger partial charge in [0.15, 0.2) is 16.1 Å². The molecule has 2 N–H and O–H groups in total. The summed E-state index contributed by atoms with van der Waals surface area (Å²) in [6, 6.07) is 15.2. The van der Waals surface area contributed by atoms with E-state index < -0.39 is 15.9 Å². The second-order valence-electron chi connectivity index (χ2n) is 7.76. The number of piperidine rings is 1. The summed E-state index contributed by atoms with van der Waals surface area (Å²) in [6.45, 7) is 2.86. The van der Waals surface area contributed by atoms with Crippen molar-refractivity contribution in [1.82, 2.24) is 14.6 Å². The topological polar surface area (TPSA) is 80.4 Å². The van der Waals surface area contributed by atoms with Gasteiger partial charge in [0, 0.05) is 36.7 Å². The number of hydrogen-bond donors (Lipinski definition) is 2. The minimum atomic E-state index is -3.58. The highest BCUT2D eigenvalue weighted by atomic mass is 32.3. The van der Waals surface area contributed by atoms with Crippen LogP contribution < -0.4 is 9.46 Å². The normalized spacial score (nSPS) is 24.6. The predicted octanol–water partition coefficient (Wildman–Crippen LogP) is 3.09. The molecule has 0 amide bonds. The van der Waals surface area contributed by atoms with Gasteiger partial charge in [0.05, 0.1) is 5.54 Å². The smallest absolute Gasteiger partial charge is 0.216 e. The predicted molar refractivity (Wildman–Crippen MR) is 108 cm³/mol. The van der Waals surface area contributed by atoms with Crippen LogP contribution in [0.5, 0.6) is 5.75 Å². The number of aromatic amines is 1. The quantitative estimate of drug-likeness (QED) is 0.651. The number of ether oxygens (including phenoxy) is 1. The standard InChI is InChI=1S/C21H23N3O3S/c25-28(26)20-8-4-3-7-19(20)27-15-21(23-28)9-11-24(12-10-21)14-16-13-22-18-6-2-1-5-17(16)18/h1-8,13,22H,9-12,14-15H2,(H-,23,25,26). The van der Waals surface area contributed by atoms with Crippen molar-refractivity contribution in [2.24, 2.45) is 0 Å². The average Bonchev–Trinajstić information content (AvgIpc) is 3.06. The average molecular weight is 398 g/mol. The maximum Gasteiger partial charge on any atom is 0.216 e. The van der Waals surface area contributed by atoms with Crippen LogP contribution in [0.2, 0.25) is 0 Å². The van der Waals surface area contributed by atoms with Gasteiger partial charge in [-0.3, -0.25) is 4.90 Å². The number of rotatable bonds is 2. The molecule has 146 valence electrons. The third-order valence-corrected chi connectivity index (χ3v) is 7.49. The third kappa shape index (κ3) is 3.14. The maximum atomic E-state index is 12.8. The second-order valence-corrected chi connectivity index (χ2v) is 9.41. The van der Waals surface area contributed by atoms with Crippen molar-refractivity contribution in [2.75, 3.05) is 19.7 Å². The summed E-state index contributed by atoms with van der Waals surface area (Å²) < 4.78 is 34.5. The number of sulfonamides is 1. The van der Waals surface area contributed by atoms with Crippen molar-refractivity contribution >= 4 is 21.3 Å². The van der Waals surface area contributed by atoms with Crippen LogP contribution in [0.4, 0.5) is 0 Å². The summed E-state index contributed by atoms with van der Waals surface area (Å²) in [7, 11) is -3.58. The molecule has 0 saturated carbocycles. The number of nitrogens with zero attached hydrogens (tertiary/aromatic N) is 1. The van der Waals surface area contributed by atoms with Crippen molar-refractivity contribution in [1.29, 1.82) is 0 Å². The largest absolute Gasteiger partial charge is 0.593 e. The zero-order chi connectivity index (χ0) is 19.2. The van der Waals surface area contributed by atoms with E-state index in [1.165, 1.54) is 10.9 Å². The van der Waals surface area contributed by atoms with Crippen LogP contribution in [-0.4, -0.2) is 39.7 Å². The zero-order valence-electron chi connectivity index (χ0n) is 15.5. The third-order valence-electron chi connectivity index (χ3n) is 5.88. The van der Waals surface area contributed by atoms with Gasteiger partial charge >= 0.3 is 0 Å². The van der Waals surface area contributed by atoms with Crippen LogP contribution in [-0.2, 0) is 21.2 Å². The van der Waals surface area contributed by atoms with Gasteiger partial charge < -0.3 is 14.3 Å². The highest BCUT2D eigenvalue weighted by molar-refractivity contribution is 7.96. The Morgan fingerprint density at radius 1 is 1.11 bits per heavy atom. The minimum absolute atomic E-state index is 0.230. The highest BCUT2D eigenvalue weighted by Gasteiger charge is 2.45. The van der Waals surface area contributed by atoms with Crippen LogP contribution in [0.1, 0.15) is 18.4 Å². The van der Waals surface area contributed by atoms with Gasteiger partial charge in [0.2, 0.25) is 4.90 Å². The van der Waals surface area contributed by atoms with E-state index in [0.717, 1.165) is 38.0 Å². The fourth-order valence-corrected chi connectivity index (χ4v) is 5.86. The lowest BCUT2D eigenvalue weighted by Gasteiger charge is -2.40. The SMILES string of the molecule is O=[S+]1([O-])NC2(CCN(Cc3c[nH]c4ccccc34)CC2)COc2ccccc21. The van der Waals surface area contributed by atoms with E-state index in [0.29, 0.717) is 12.4 Å². The zero-order valence-corrected chi connectivity index (χ0v) is 16.3. The molecule has 5 rings (SSSR count). The van der Waals surface area contributed by atoms with Gasteiger partial charge in [-0.15, -0.1) is 4.72 Å². The Morgan fingerprint density at radius 3 is 2.71 bits per heavy atom. The maximum absolute atomic E-state index is 12.8. The summed E-state index contributed by atoms with van der Waals surface area (Å²) in [5.74, 6) is 0.438. The molecule has 0 bridgehead atoms. The number of fused-ring (bicyclic) bond motifs is 2. The summed E-state index contributed by atoms with van der Waals surface area (Å²) in [4.78, 5) is 5.94. The molecule has 0 radical (unpaired) electrons. The van der Waals surface area contributed by atoms with E-state index in [9.17, 15) is 8.76 Å². The number of para-hydroxylation sites is 2. The van der Waals surface area contributed by atoms with Crippen LogP contribution in [0.3, 0.4) is 0 Å². The number of H-pyrrole nitrogens is 1. The summed E-state index contributed by atoms with van der Waals surface area (Å²) >= 11 is 0. The highest BCUT2D eigenvalue weighted by Crippen LogP contribution is 2.35. The first-order valence-electron chi connectivity index (χ1n) is 9.58. The molecule has 2 aliphatic rings. The molecule has 3 heterocycles. The van der Waals surface area contributed by atoms with Crippen molar-refractivity contribution in [3.05, 3.63) is 60.3 Å². The first kappa shape index (κ1) is 17.9. The van der Waals surface area contributed by atoms with Crippen LogP contribution >= 0.6 is 0 Å². The molecule has 1 unspecified atom stereocenters. The van der Waals surface area contributed by atoms with E-state index in [2.05, 4.69) is 39.0 Å². The lowest BCUT2D eigenvalue weighted by atomic mass is 9.89. The van der Waals surface area contributed by atoms with E-state index in [-0.39, 0.29) is 4.90 Å². The molecular weight excluding hydrogens is 374 g/mol. The molecule has 1 saturated heterocycles. The monoisotopic (exact) mass is 397 g/mol. The number of benzene rings is 2. The fourth-order valence-electron chi connectivity index (χ4n) is 4.27. The molecule has 1 fully saturated rings. The Balaban J connectivity index is 1.31. The molecule has 1 aromatic heterocycles. The van der Waals surface area contributed by atoms with Gasteiger partial charge in [-0.05, 0) is 36.6 Å². The summed E-state index contributed by atoms with van der Waals surface area (Å²) in [5, 5.41) is 1.25. The van der Waals surface area contributed by atoms with Crippen LogP contribution in [0.15, 0.2) is 59.6 Å². The van der Waals surface area contributed by atoms with Gasteiger partial charge in [0.25, 0.3) is 0 Å². The van der Waals surface area contributed by atoms with Crippen molar-refractivity contribution in [2.45, 2.75) is 29.8 Å². The lowest BCUT2D eigenvalue weighted by molar-refractivity contribution is 0.102. The molecular formula is C21H23N3O3S. The van der Waals surface area contributed by atoms with Crippen molar-refractivity contribution in [3.63, 3.8) is 0 Å². The van der Waals surface area contributed by atoms with Crippen molar-refractivity contribution < 1.29 is 13.5 Å². The molecule has 1 spiro atoms. The number of likely N-dealkylation sites (tertiary alicyclic amines) is 1. The van der Waals surface area contributed by atoms with Crippen LogP contribution in [0.25, 0.3) is 10.9 Å². The molecule has 2 aliphatic heterocycles. The fraction of sp³-hybridized carbons (Fsp3) is 0.333. The molecule has 2 aromatic carbocycles. The first-order chi connectivity index (χ1) is 13.5. The molecule has 1 atom stereocenters. The number of hydrogen-bond acceptors (Lipinski definition) is 4. The van der Waals surface area contributed by atoms with E-state index in [4.69, 9.17) is 4.74 Å². The lowest BCUT2D eigenvalue weighted by Crippen LogP contribution is -2.58. The Morgan fingerprint density at radius 2 is 1.86 bits per heavy atom. The van der Waals surface area contributed by atoms with E-state index in [1.807, 2.05) is 6.07 Å². The summed E-state index contributed by atoms with van der Waals surface area (Å²) in [6.07, 6.45) is 3.52. The van der Waals surface area contributed by atoms with Gasteiger partial charge in [-0.2, -0.15) is 0 Å². The Labute approximate surface area is 165 Å². The Hall–Kier alpha value is -2.19. The molecule has 3 aromatic rings. The minimum Gasteiger partial charge on any atom is -0.593 e.